The van der Waals surface area contributed by atoms with E-state index in [0.29, 0.717) is 0 Å². The second-order valence-corrected chi connectivity index (χ2v) is 7.06. The van der Waals surface area contributed by atoms with Crippen LogP contribution in [0.1, 0.15) is 12.8 Å². The summed E-state index contributed by atoms with van der Waals surface area (Å²) in [6.45, 7) is 1.64. The van der Waals surface area contributed by atoms with Gasteiger partial charge in [0.25, 0.3) is 0 Å². The van der Waals surface area contributed by atoms with Gasteiger partial charge in [-0.3, -0.25) is 4.98 Å². The van der Waals surface area contributed by atoms with Crippen molar-refractivity contribution < 1.29 is 5.11 Å². The molecule has 3 heterocycles. The van der Waals surface area contributed by atoms with E-state index < -0.39 is 0 Å². The SMILES string of the molecule is CN(C)c1ccc(-c2cc3ncccc3c(N3CCC(O)CC3)n2)cc1. The Bertz CT molecular complexity index is 900. The van der Waals surface area contributed by atoms with Gasteiger partial charge in [-0.2, -0.15) is 0 Å². The maximum atomic E-state index is 9.83. The molecule has 1 aliphatic rings. The predicted octanol–water partition coefficient (Wildman–Crippen LogP) is 3.32. The van der Waals surface area contributed by atoms with Crippen molar-refractivity contribution in [2.75, 3.05) is 37.0 Å². The molecule has 5 nitrogen and oxygen atoms in total. The number of nitrogens with zero attached hydrogens (tertiary/aromatic N) is 4. The first-order chi connectivity index (χ1) is 12.6. The number of anilines is 2. The fourth-order valence-corrected chi connectivity index (χ4v) is 3.45. The molecule has 0 saturated carbocycles. The molecule has 3 aromatic rings. The number of piperidine rings is 1. The molecule has 1 saturated heterocycles. The van der Waals surface area contributed by atoms with E-state index in [0.717, 1.165) is 59.6 Å². The summed E-state index contributed by atoms with van der Waals surface area (Å²) in [5, 5.41) is 10.9. The highest BCUT2D eigenvalue weighted by atomic mass is 16.3. The van der Waals surface area contributed by atoms with Crippen LogP contribution in [0.4, 0.5) is 11.5 Å². The zero-order chi connectivity index (χ0) is 18.1. The molecule has 1 aliphatic heterocycles. The summed E-state index contributed by atoms with van der Waals surface area (Å²) in [5.74, 6) is 0.967. The van der Waals surface area contributed by atoms with Gasteiger partial charge in [0.2, 0.25) is 0 Å². The number of rotatable bonds is 3. The van der Waals surface area contributed by atoms with Crippen molar-refractivity contribution >= 4 is 22.4 Å². The third-order valence-corrected chi connectivity index (χ3v) is 5.02. The van der Waals surface area contributed by atoms with Crippen LogP contribution in [0.2, 0.25) is 0 Å². The van der Waals surface area contributed by atoms with E-state index in [1.165, 1.54) is 0 Å². The van der Waals surface area contributed by atoms with Gasteiger partial charge in [0, 0.05) is 50.0 Å². The highest BCUT2D eigenvalue weighted by molar-refractivity contribution is 5.92. The van der Waals surface area contributed by atoms with Gasteiger partial charge in [0.1, 0.15) is 5.82 Å². The van der Waals surface area contributed by atoms with Crippen LogP contribution in [0.5, 0.6) is 0 Å². The number of hydrogen-bond donors (Lipinski definition) is 1. The Hall–Kier alpha value is -2.66. The van der Waals surface area contributed by atoms with Crippen molar-refractivity contribution in [3.8, 4) is 11.3 Å². The number of benzene rings is 1. The van der Waals surface area contributed by atoms with Crippen LogP contribution >= 0.6 is 0 Å². The van der Waals surface area contributed by atoms with Crippen molar-refractivity contribution in [3.05, 3.63) is 48.7 Å². The minimum atomic E-state index is -0.197. The van der Waals surface area contributed by atoms with Gasteiger partial charge < -0.3 is 14.9 Å². The molecule has 1 N–H and O–H groups in total. The number of fused-ring (bicyclic) bond motifs is 1. The number of pyridine rings is 2. The Labute approximate surface area is 153 Å². The summed E-state index contributed by atoms with van der Waals surface area (Å²) in [6, 6.07) is 14.5. The Kier molecular flexibility index (Phi) is 4.47. The van der Waals surface area contributed by atoms with Crippen molar-refractivity contribution in [1.29, 1.82) is 0 Å². The van der Waals surface area contributed by atoms with Crippen LogP contribution < -0.4 is 9.80 Å². The molecule has 1 fully saturated rings. The Morgan fingerprint density at radius 1 is 1.08 bits per heavy atom. The Morgan fingerprint density at radius 2 is 1.81 bits per heavy atom. The lowest BCUT2D eigenvalue weighted by molar-refractivity contribution is 0.145. The number of aliphatic hydroxyl groups excluding tert-OH is 1. The van der Waals surface area contributed by atoms with Gasteiger partial charge in [-0.1, -0.05) is 12.1 Å². The molecule has 1 aromatic carbocycles. The second kappa shape index (κ2) is 6.92. The van der Waals surface area contributed by atoms with Gasteiger partial charge >= 0.3 is 0 Å². The summed E-state index contributed by atoms with van der Waals surface area (Å²) in [7, 11) is 4.08. The number of aliphatic hydroxyl groups is 1. The topological polar surface area (TPSA) is 52.5 Å². The van der Waals surface area contributed by atoms with Gasteiger partial charge in [0.05, 0.1) is 17.3 Å². The van der Waals surface area contributed by atoms with Crippen molar-refractivity contribution in [1.82, 2.24) is 9.97 Å². The van der Waals surface area contributed by atoms with E-state index in [2.05, 4.69) is 51.2 Å². The monoisotopic (exact) mass is 348 g/mol. The zero-order valence-electron chi connectivity index (χ0n) is 15.3. The largest absolute Gasteiger partial charge is 0.393 e. The van der Waals surface area contributed by atoms with Crippen LogP contribution in [0.3, 0.4) is 0 Å². The van der Waals surface area contributed by atoms with Crippen LogP contribution in [0.25, 0.3) is 22.2 Å². The molecule has 0 spiro atoms. The van der Waals surface area contributed by atoms with E-state index >= 15 is 0 Å². The maximum Gasteiger partial charge on any atom is 0.138 e. The summed E-state index contributed by atoms with van der Waals surface area (Å²) < 4.78 is 0. The van der Waals surface area contributed by atoms with Gasteiger partial charge in [-0.15, -0.1) is 0 Å². The molecule has 0 unspecified atom stereocenters. The Balaban J connectivity index is 1.78. The smallest absolute Gasteiger partial charge is 0.138 e. The average Bonchev–Trinajstić information content (AvgIpc) is 2.68. The van der Waals surface area contributed by atoms with Crippen molar-refractivity contribution in [2.45, 2.75) is 18.9 Å². The van der Waals surface area contributed by atoms with Crippen LogP contribution in [-0.2, 0) is 0 Å². The average molecular weight is 348 g/mol. The molecule has 2 aromatic heterocycles. The first kappa shape index (κ1) is 16.8. The molecule has 0 radical (unpaired) electrons. The quantitative estimate of drug-likeness (QED) is 0.787. The van der Waals surface area contributed by atoms with Crippen LogP contribution in [0.15, 0.2) is 48.7 Å². The first-order valence-corrected chi connectivity index (χ1v) is 9.08. The predicted molar refractivity (Wildman–Crippen MR) is 107 cm³/mol. The normalized spacial score (nSPS) is 15.4. The molecule has 26 heavy (non-hydrogen) atoms. The number of aromatic nitrogens is 2. The van der Waals surface area contributed by atoms with E-state index in [4.69, 9.17) is 4.98 Å². The molecule has 0 atom stereocenters. The minimum absolute atomic E-state index is 0.197. The minimum Gasteiger partial charge on any atom is -0.393 e. The van der Waals surface area contributed by atoms with E-state index in [1.54, 1.807) is 0 Å². The van der Waals surface area contributed by atoms with Crippen molar-refractivity contribution in [2.24, 2.45) is 0 Å². The molecular formula is C21H24N4O. The van der Waals surface area contributed by atoms with E-state index in [9.17, 15) is 5.11 Å². The van der Waals surface area contributed by atoms with Gasteiger partial charge in [-0.25, -0.2) is 4.98 Å². The standard InChI is InChI=1S/C21H24N4O/c1-24(2)16-7-5-15(6-8-16)19-14-20-18(4-3-11-22-20)21(23-19)25-12-9-17(26)10-13-25/h3-8,11,14,17,26H,9-10,12-13H2,1-2H3. The molecule has 4 rings (SSSR count). The summed E-state index contributed by atoms with van der Waals surface area (Å²) >= 11 is 0. The molecule has 0 bridgehead atoms. The van der Waals surface area contributed by atoms with E-state index in [-0.39, 0.29) is 6.10 Å². The maximum absolute atomic E-state index is 9.83. The van der Waals surface area contributed by atoms with Gasteiger partial charge in [0.15, 0.2) is 0 Å². The highest BCUT2D eigenvalue weighted by Gasteiger charge is 2.21. The molecule has 0 aliphatic carbocycles. The first-order valence-electron chi connectivity index (χ1n) is 9.08. The molecule has 5 heteroatoms. The Morgan fingerprint density at radius 3 is 2.50 bits per heavy atom. The van der Waals surface area contributed by atoms with E-state index in [1.807, 2.05) is 26.4 Å². The fraction of sp³-hybridized carbons (Fsp3) is 0.333. The summed E-state index contributed by atoms with van der Waals surface area (Å²) in [4.78, 5) is 13.9. The van der Waals surface area contributed by atoms with Crippen molar-refractivity contribution in [3.63, 3.8) is 0 Å². The van der Waals surface area contributed by atoms with Crippen LogP contribution in [0, 0.1) is 0 Å². The highest BCUT2D eigenvalue weighted by Crippen LogP contribution is 2.31. The molecule has 134 valence electrons. The van der Waals surface area contributed by atoms with Crippen LogP contribution in [-0.4, -0.2) is 48.4 Å². The third-order valence-electron chi connectivity index (χ3n) is 5.02. The lowest BCUT2D eigenvalue weighted by Gasteiger charge is -2.31. The summed E-state index contributed by atoms with van der Waals surface area (Å²) in [5.41, 5.74) is 4.14. The zero-order valence-corrected chi connectivity index (χ0v) is 15.3. The molecule has 0 amide bonds. The number of hydrogen-bond acceptors (Lipinski definition) is 5. The lowest BCUT2D eigenvalue weighted by Crippen LogP contribution is -2.36. The molecular weight excluding hydrogens is 324 g/mol. The second-order valence-electron chi connectivity index (χ2n) is 7.06. The lowest BCUT2D eigenvalue weighted by atomic mass is 10.1. The third kappa shape index (κ3) is 3.22. The summed E-state index contributed by atoms with van der Waals surface area (Å²) in [6.07, 6.45) is 3.19. The fourth-order valence-electron chi connectivity index (χ4n) is 3.45. The van der Waals surface area contributed by atoms with Gasteiger partial charge in [-0.05, 0) is 43.2 Å².